The summed E-state index contributed by atoms with van der Waals surface area (Å²) in [6.07, 6.45) is 4.06. The zero-order valence-electron chi connectivity index (χ0n) is 12.2. The average Bonchev–Trinajstić information content (AvgIpc) is 2.43. The fourth-order valence-corrected chi connectivity index (χ4v) is 2.51. The van der Waals surface area contributed by atoms with Gasteiger partial charge in [-0.15, -0.1) is 0 Å². The van der Waals surface area contributed by atoms with E-state index in [-0.39, 0.29) is 11.9 Å². The van der Waals surface area contributed by atoms with Gasteiger partial charge in [-0.3, -0.25) is 4.79 Å². The number of hydrogen-bond donors (Lipinski definition) is 0. The van der Waals surface area contributed by atoms with Gasteiger partial charge >= 0.3 is 5.97 Å². The molecular formula is C14H28N2O2. The van der Waals surface area contributed by atoms with E-state index in [0.29, 0.717) is 0 Å². The smallest absolute Gasteiger partial charge is 0.309 e. The van der Waals surface area contributed by atoms with E-state index in [1.165, 1.54) is 39.5 Å². The first kappa shape index (κ1) is 15.4. The number of carbonyl (C=O) groups excluding carboxylic acids is 1. The van der Waals surface area contributed by atoms with Crippen LogP contribution in [-0.2, 0) is 9.53 Å². The fourth-order valence-electron chi connectivity index (χ4n) is 2.51. The summed E-state index contributed by atoms with van der Waals surface area (Å²) in [7, 11) is 1.46. The van der Waals surface area contributed by atoms with E-state index in [4.69, 9.17) is 4.74 Å². The van der Waals surface area contributed by atoms with Gasteiger partial charge in [0.25, 0.3) is 0 Å². The molecule has 1 aliphatic rings. The van der Waals surface area contributed by atoms with E-state index >= 15 is 0 Å². The van der Waals surface area contributed by atoms with Crippen molar-refractivity contribution in [3.63, 3.8) is 0 Å². The van der Waals surface area contributed by atoms with Crippen molar-refractivity contribution >= 4 is 5.97 Å². The number of nitrogens with zero attached hydrogens (tertiary/aromatic N) is 2. The number of esters is 1. The third-order valence-corrected chi connectivity index (χ3v) is 3.76. The van der Waals surface area contributed by atoms with E-state index in [2.05, 4.69) is 16.7 Å². The molecule has 0 aromatic heterocycles. The standard InChI is InChI=1S/C14H28N2O2/c1-4-15(12-13(2)14(17)18-3)10-11-16-8-6-5-7-9-16/h13H,4-12H2,1-3H3. The Kier molecular flexibility index (Phi) is 7.28. The highest BCUT2D eigenvalue weighted by Crippen LogP contribution is 2.09. The zero-order chi connectivity index (χ0) is 13.4. The molecule has 18 heavy (non-hydrogen) atoms. The van der Waals surface area contributed by atoms with Gasteiger partial charge in [0.2, 0.25) is 0 Å². The van der Waals surface area contributed by atoms with Gasteiger partial charge < -0.3 is 14.5 Å². The first-order chi connectivity index (χ1) is 8.67. The van der Waals surface area contributed by atoms with Crippen LogP contribution in [0.15, 0.2) is 0 Å². The van der Waals surface area contributed by atoms with Gasteiger partial charge in [-0.1, -0.05) is 20.3 Å². The van der Waals surface area contributed by atoms with Gasteiger partial charge in [0, 0.05) is 19.6 Å². The number of ether oxygens (including phenoxy) is 1. The molecule has 1 atom stereocenters. The number of carbonyl (C=O) groups is 1. The van der Waals surface area contributed by atoms with Crippen molar-refractivity contribution in [2.75, 3.05) is 46.4 Å². The van der Waals surface area contributed by atoms with Crippen LogP contribution in [0, 0.1) is 5.92 Å². The Bertz CT molecular complexity index is 240. The van der Waals surface area contributed by atoms with Crippen molar-refractivity contribution in [1.29, 1.82) is 0 Å². The molecule has 0 aromatic carbocycles. The molecule has 0 bridgehead atoms. The quantitative estimate of drug-likeness (QED) is 0.648. The molecule has 1 fully saturated rings. The van der Waals surface area contributed by atoms with Crippen molar-refractivity contribution in [3.05, 3.63) is 0 Å². The molecule has 0 aromatic rings. The van der Waals surface area contributed by atoms with E-state index in [0.717, 1.165) is 26.2 Å². The number of likely N-dealkylation sites (tertiary alicyclic amines) is 1. The van der Waals surface area contributed by atoms with Crippen molar-refractivity contribution in [2.45, 2.75) is 33.1 Å². The highest BCUT2D eigenvalue weighted by Gasteiger charge is 2.17. The van der Waals surface area contributed by atoms with Crippen molar-refractivity contribution in [2.24, 2.45) is 5.92 Å². The molecule has 1 rings (SSSR count). The molecule has 106 valence electrons. The molecule has 0 aliphatic carbocycles. The van der Waals surface area contributed by atoms with Crippen LogP contribution in [0.3, 0.4) is 0 Å². The highest BCUT2D eigenvalue weighted by molar-refractivity contribution is 5.72. The largest absolute Gasteiger partial charge is 0.469 e. The van der Waals surface area contributed by atoms with Gasteiger partial charge in [0.1, 0.15) is 0 Å². The topological polar surface area (TPSA) is 32.8 Å². The van der Waals surface area contributed by atoms with Crippen LogP contribution >= 0.6 is 0 Å². The normalized spacial score (nSPS) is 18.9. The van der Waals surface area contributed by atoms with E-state index in [1.807, 2.05) is 6.92 Å². The molecule has 0 amide bonds. The zero-order valence-corrected chi connectivity index (χ0v) is 12.2. The molecule has 0 spiro atoms. The summed E-state index contributed by atoms with van der Waals surface area (Å²) in [4.78, 5) is 16.3. The lowest BCUT2D eigenvalue weighted by Gasteiger charge is -2.30. The average molecular weight is 256 g/mol. The molecule has 4 heteroatoms. The minimum absolute atomic E-state index is 0.0312. The molecule has 0 radical (unpaired) electrons. The molecule has 1 heterocycles. The second-order valence-electron chi connectivity index (χ2n) is 5.22. The number of hydrogen-bond acceptors (Lipinski definition) is 4. The summed E-state index contributed by atoms with van der Waals surface area (Å²) in [5.74, 6) is -0.136. The molecular weight excluding hydrogens is 228 g/mol. The van der Waals surface area contributed by atoms with Crippen LogP contribution < -0.4 is 0 Å². The van der Waals surface area contributed by atoms with Crippen LogP contribution in [-0.4, -0.2) is 62.1 Å². The lowest BCUT2D eigenvalue weighted by atomic mass is 10.1. The summed E-state index contributed by atoms with van der Waals surface area (Å²) < 4.78 is 4.78. The maximum atomic E-state index is 11.4. The summed E-state index contributed by atoms with van der Waals surface area (Å²) >= 11 is 0. The third kappa shape index (κ3) is 5.36. The van der Waals surface area contributed by atoms with Crippen molar-refractivity contribution in [1.82, 2.24) is 9.80 Å². The molecule has 1 saturated heterocycles. The Morgan fingerprint density at radius 2 is 2.00 bits per heavy atom. The van der Waals surface area contributed by atoms with E-state index < -0.39 is 0 Å². The van der Waals surface area contributed by atoms with Crippen molar-refractivity contribution < 1.29 is 9.53 Å². The van der Waals surface area contributed by atoms with Crippen LogP contribution in [0.2, 0.25) is 0 Å². The number of rotatable bonds is 7. The molecule has 0 saturated carbocycles. The maximum Gasteiger partial charge on any atom is 0.309 e. The molecule has 1 aliphatic heterocycles. The summed E-state index contributed by atoms with van der Waals surface area (Å²) in [5, 5.41) is 0. The number of piperidine rings is 1. The SMILES string of the molecule is CCN(CCN1CCCCC1)CC(C)C(=O)OC. The number of methoxy groups -OCH3 is 1. The Labute approximate surface area is 111 Å². The van der Waals surface area contributed by atoms with Gasteiger partial charge in [-0.2, -0.15) is 0 Å². The Morgan fingerprint density at radius 3 is 2.56 bits per heavy atom. The van der Waals surface area contributed by atoms with E-state index in [9.17, 15) is 4.79 Å². The van der Waals surface area contributed by atoms with Gasteiger partial charge in [0.15, 0.2) is 0 Å². The number of likely N-dealkylation sites (N-methyl/N-ethyl adjacent to an activating group) is 1. The maximum absolute atomic E-state index is 11.4. The van der Waals surface area contributed by atoms with Gasteiger partial charge in [0.05, 0.1) is 13.0 Å². The highest BCUT2D eigenvalue weighted by atomic mass is 16.5. The van der Waals surface area contributed by atoms with Crippen molar-refractivity contribution in [3.8, 4) is 0 Å². The Morgan fingerprint density at radius 1 is 1.33 bits per heavy atom. The molecule has 1 unspecified atom stereocenters. The fraction of sp³-hybridized carbons (Fsp3) is 0.929. The van der Waals surface area contributed by atoms with E-state index in [1.54, 1.807) is 0 Å². The molecule has 0 N–H and O–H groups in total. The van der Waals surface area contributed by atoms with Crippen LogP contribution in [0.4, 0.5) is 0 Å². The second-order valence-corrected chi connectivity index (χ2v) is 5.22. The molecule has 4 nitrogen and oxygen atoms in total. The van der Waals surface area contributed by atoms with Crippen LogP contribution in [0.25, 0.3) is 0 Å². The first-order valence-corrected chi connectivity index (χ1v) is 7.20. The monoisotopic (exact) mass is 256 g/mol. The summed E-state index contributed by atoms with van der Waals surface area (Å²) in [6, 6.07) is 0. The summed E-state index contributed by atoms with van der Waals surface area (Å²) in [5.41, 5.74) is 0. The first-order valence-electron chi connectivity index (χ1n) is 7.20. The Hall–Kier alpha value is -0.610. The van der Waals surface area contributed by atoms with Gasteiger partial charge in [-0.25, -0.2) is 0 Å². The predicted octanol–water partition coefficient (Wildman–Crippen LogP) is 1.60. The third-order valence-electron chi connectivity index (χ3n) is 3.76. The summed E-state index contributed by atoms with van der Waals surface area (Å²) in [6.45, 7) is 10.6. The van der Waals surface area contributed by atoms with Gasteiger partial charge in [-0.05, 0) is 32.5 Å². The minimum atomic E-state index is -0.105. The minimum Gasteiger partial charge on any atom is -0.469 e. The van der Waals surface area contributed by atoms with Crippen LogP contribution in [0.5, 0.6) is 0 Å². The second kappa shape index (κ2) is 8.48. The predicted molar refractivity (Wildman–Crippen MR) is 73.6 cm³/mol. The lowest BCUT2D eigenvalue weighted by molar-refractivity contribution is -0.145. The lowest BCUT2D eigenvalue weighted by Crippen LogP contribution is -2.40. The Balaban J connectivity index is 2.25. The van der Waals surface area contributed by atoms with Crippen LogP contribution in [0.1, 0.15) is 33.1 Å².